The smallest absolute Gasteiger partial charge is 0.238 e. The molecule has 33 heavy (non-hydrogen) atoms. The third-order valence-corrected chi connectivity index (χ3v) is 7.98. The molecule has 2 N–H and O–H groups in total. The van der Waals surface area contributed by atoms with Crippen molar-refractivity contribution < 1.29 is 24.5 Å². The van der Waals surface area contributed by atoms with Crippen LogP contribution in [0.5, 0.6) is 5.75 Å². The molecule has 0 unspecified atom stereocenters. The summed E-state index contributed by atoms with van der Waals surface area (Å²) in [5.74, 6) is -3.38. The number of fused-ring (bicyclic) bond motifs is 3. The zero-order valence-electron chi connectivity index (χ0n) is 19.5. The van der Waals surface area contributed by atoms with Gasteiger partial charge in [0.1, 0.15) is 5.75 Å². The molecule has 0 radical (unpaired) electrons. The number of nitrogens with zero attached hydrogens (tertiary/aromatic N) is 1. The van der Waals surface area contributed by atoms with E-state index in [0.717, 1.165) is 16.7 Å². The number of aryl methyl sites for hydroxylation is 2. The molecule has 6 atom stereocenters. The number of amides is 2. The molecule has 2 aromatic carbocycles. The molecule has 0 spiro atoms. The second-order valence-corrected chi connectivity index (χ2v) is 10.3. The Balaban J connectivity index is 1.55. The van der Waals surface area contributed by atoms with Gasteiger partial charge in [0.15, 0.2) is 5.79 Å². The van der Waals surface area contributed by atoms with Crippen LogP contribution in [0.4, 0.5) is 5.69 Å². The molecule has 2 amide bonds. The Labute approximate surface area is 194 Å². The molecule has 3 fully saturated rings. The lowest BCUT2D eigenvalue weighted by molar-refractivity contribution is -0.276. The van der Waals surface area contributed by atoms with E-state index in [1.54, 1.807) is 12.1 Å². The highest BCUT2D eigenvalue weighted by Gasteiger charge is 2.67. The fraction of sp³-hybridized carbons (Fsp3) is 0.481. The van der Waals surface area contributed by atoms with E-state index >= 15 is 0 Å². The van der Waals surface area contributed by atoms with Gasteiger partial charge in [0, 0.05) is 11.8 Å². The minimum atomic E-state index is -1.48. The van der Waals surface area contributed by atoms with Gasteiger partial charge in [0.25, 0.3) is 0 Å². The van der Waals surface area contributed by atoms with Gasteiger partial charge < -0.3 is 14.9 Å². The minimum absolute atomic E-state index is 0.0779. The number of para-hydroxylation sites is 1. The lowest BCUT2D eigenvalue weighted by Crippen LogP contribution is -2.55. The monoisotopic (exact) mass is 449 g/mol. The predicted molar refractivity (Wildman–Crippen MR) is 123 cm³/mol. The summed E-state index contributed by atoms with van der Waals surface area (Å²) in [6.07, 6.45) is 0.460. The van der Waals surface area contributed by atoms with Crippen molar-refractivity contribution in [2.45, 2.75) is 52.4 Å². The van der Waals surface area contributed by atoms with Crippen molar-refractivity contribution in [1.82, 2.24) is 0 Å². The number of benzene rings is 2. The van der Waals surface area contributed by atoms with E-state index in [-0.39, 0.29) is 29.4 Å². The molecule has 3 aliphatic rings. The quantitative estimate of drug-likeness (QED) is 0.684. The third-order valence-electron chi connectivity index (χ3n) is 7.98. The van der Waals surface area contributed by atoms with Crippen molar-refractivity contribution in [2.24, 2.45) is 29.6 Å². The van der Waals surface area contributed by atoms with E-state index < -0.39 is 29.6 Å². The Hall–Kier alpha value is -2.70. The average Bonchev–Trinajstić information content (AvgIpc) is 3.25. The first-order valence-electron chi connectivity index (χ1n) is 11.8. The second kappa shape index (κ2) is 7.67. The highest BCUT2D eigenvalue weighted by molar-refractivity contribution is 6.22. The van der Waals surface area contributed by atoms with Crippen LogP contribution < -0.4 is 4.90 Å². The summed E-state index contributed by atoms with van der Waals surface area (Å²) in [7, 11) is 0. The number of hydrogen-bond acceptors (Lipinski definition) is 5. The van der Waals surface area contributed by atoms with Gasteiger partial charge in [0.2, 0.25) is 11.8 Å². The number of rotatable bonds is 3. The number of carbonyl (C=O) groups excluding carboxylic acids is 2. The molecule has 5 rings (SSSR count). The Morgan fingerprint density at radius 1 is 1.03 bits per heavy atom. The number of aromatic hydroxyl groups is 1. The maximum atomic E-state index is 13.6. The van der Waals surface area contributed by atoms with Crippen LogP contribution in [0, 0.1) is 43.4 Å². The lowest BCUT2D eigenvalue weighted by atomic mass is 9.62. The van der Waals surface area contributed by atoms with Crippen molar-refractivity contribution in [3.8, 4) is 5.75 Å². The van der Waals surface area contributed by atoms with Crippen molar-refractivity contribution in [2.75, 3.05) is 4.90 Å². The van der Waals surface area contributed by atoms with Crippen LogP contribution in [-0.4, -0.2) is 27.8 Å². The standard InChI is InChI=1S/C27H31NO5/c1-14(2)20-12-19-23(26(31)28(25(19)30)18-8-6-5-7-9-18)21-13-22(33-27(20,21)32)17-10-15(3)24(29)16(4)11-17/h5-11,14,19-23,29,32H,12-13H2,1-4H3/t19-,20+,21-,22-,23-,27+/m0/s1. The van der Waals surface area contributed by atoms with Gasteiger partial charge in [-0.15, -0.1) is 0 Å². The summed E-state index contributed by atoms with van der Waals surface area (Å²) in [5.41, 5.74) is 2.94. The van der Waals surface area contributed by atoms with Gasteiger partial charge >= 0.3 is 0 Å². The molecule has 2 saturated heterocycles. The van der Waals surface area contributed by atoms with E-state index in [1.165, 1.54) is 4.90 Å². The van der Waals surface area contributed by atoms with Gasteiger partial charge in [-0.3, -0.25) is 14.5 Å². The average molecular weight is 450 g/mol. The SMILES string of the molecule is Cc1cc([C@@H]2C[C@H]3[C@H]4C(=O)N(c5ccccc5)C(=O)[C@H]4C[C@H](C(C)C)[C@@]3(O)O2)cc(C)c1O. The minimum Gasteiger partial charge on any atom is -0.507 e. The number of imide groups is 1. The normalized spacial score (nSPS) is 33.5. The van der Waals surface area contributed by atoms with Gasteiger partial charge in [-0.25, -0.2) is 0 Å². The molecule has 1 saturated carbocycles. The van der Waals surface area contributed by atoms with Crippen LogP contribution in [-0.2, 0) is 14.3 Å². The summed E-state index contributed by atoms with van der Waals surface area (Å²) in [5, 5.41) is 22.1. The molecule has 6 heteroatoms. The number of carbonyl (C=O) groups is 2. The van der Waals surface area contributed by atoms with Gasteiger partial charge in [-0.2, -0.15) is 0 Å². The maximum Gasteiger partial charge on any atom is 0.238 e. The van der Waals surface area contributed by atoms with Crippen molar-refractivity contribution in [1.29, 1.82) is 0 Å². The zero-order chi connectivity index (χ0) is 23.7. The second-order valence-electron chi connectivity index (χ2n) is 10.3. The Morgan fingerprint density at radius 2 is 1.67 bits per heavy atom. The highest BCUT2D eigenvalue weighted by atomic mass is 16.6. The number of anilines is 1. The van der Waals surface area contributed by atoms with E-state index in [9.17, 15) is 19.8 Å². The largest absolute Gasteiger partial charge is 0.507 e. The van der Waals surface area contributed by atoms with Crippen LogP contribution in [0.1, 0.15) is 49.5 Å². The summed E-state index contributed by atoms with van der Waals surface area (Å²) in [6, 6.07) is 12.8. The van der Waals surface area contributed by atoms with Crippen molar-refractivity contribution in [3.05, 3.63) is 59.2 Å². The van der Waals surface area contributed by atoms with Crippen LogP contribution in [0.25, 0.3) is 0 Å². The van der Waals surface area contributed by atoms with Gasteiger partial charge in [-0.1, -0.05) is 32.0 Å². The molecule has 0 aromatic heterocycles. The number of phenols is 1. The fourth-order valence-corrected chi connectivity index (χ4v) is 6.38. The zero-order valence-corrected chi connectivity index (χ0v) is 19.5. The molecular formula is C27H31NO5. The third kappa shape index (κ3) is 3.22. The molecule has 174 valence electrons. The summed E-state index contributed by atoms with van der Waals surface area (Å²) >= 11 is 0. The van der Waals surface area contributed by atoms with Crippen LogP contribution >= 0.6 is 0 Å². The van der Waals surface area contributed by atoms with Gasteiger partial charge in [0.05, 0.1) is 23.6 Å². The van der Waals surface area contributed by atoms with E-state index in [1.807, 2.05) is 58.0 Å². The number of aliphatic hydroxyl groups is 1. The predicted octanol–water partition coefficient (Wildman–Crippen LogP) is 4.26. The number of hydrogen-bond donors (Lipinski definition) is 2. The highest BCUT2D eigenvalue weighted by Crippen LogP contribution is 2.60. The molecule has 2 aromatic rings. The fourth-order valence-electron chi connectivity index (χ4n) is 6.38. The van der Waals surface area contributed by atoms with Gasteiger partial charge in [-0.05, 0) is 73.6 Å². The summed E-state index contributed by atoms with van der Waals surface area (Å²) < 4.78 is 6.39. The topological polar surface area (TPSA) is 87.1 Å². The maximum absolute atomic E-state index is 13.6. The number of ether oxygens (including phenoxy) is 1. The Bertz CT molecular complexity index is 1090. The molecule has 1 aliphatic carbocycles. The first-order valence-corrected chi connectivity index (χ1v) is 11.8. The van der Waals surface area contributed by atoms with E-state index in [0.29, 0.717) is 18.5 Å². The summed E-state index contributed by atoms with van der Waals surface area (Å²) in [4.78, 5) is 28.4. The van der Waals surface area contributed by atoms with Crippen LogP contribution in [0.3, 0.4) is 0 Å². The number of phenolic OH excluding ortho intramolecular Hbond substituents is 1. The lowest BCUT2D eigenvalue weighted by Gasteiger charge is -2.46. The van der Waals surface area contributed by atoms with Crippen molar-refractivity contribution >= 4 is 17.5 Å². The van der Waals surface area contributed by atoms with Crippen LogP contribution in [0.15, 0.2) is 42.5 Å². The molecular weight excluding hydrogens is 418 g/mol. The van der Waals surface area contributed by atoms with Crippen LogP contribution in [0.2, 0.25) is 0 Å². The van der Waals surface area contributed by atoms with E-state index in [4.69, 9.17) is 4.74 Å². The molecule has 6 nitrogen and oxygen atoms in total. The Morgan fingerprint density at radius 3 is 2.27 bits per heavy atom. The first-order chi connectivity index (χ1) is 15.6. The van der Waals surface area contributed by atoms with Crippen molar-refractivity contribution in [3.63, 3.8) is 0 Å². The Kier molecular flexibility index (Phi) is 5.14. The van der Waals surface area contributed by atoms with E-state index in [2.05, 4.69) is 0 Å². The molecule has 2 heterocycles. The molecule has 0 bridgehead atoms. The molecule has 2 aliphatic heterocycles. The first kappa shape index (κ1) is 22.1. The summed E-state index contributed by atoms with van der Waals surface area (Å²) in [6.45, 7) is 7.74.